The largest absolute Gasteiger partial charge is 0.347 e. The topological polar surface area (TPSA) is 46.9 Å². The third-order valence-corrected chi connectivity index (χ3v) is 3.80. The number of benzene rings is 2. The first-order valence-electron chi connectivity index (χ1n) is 7.70. The number of halogens is 1. The Bertz CT molecular complexity index is 872. The van der Waals surface area contributed by atoms with Crippen molar-refractivity contribution in [3.63, 3.8) is 0 Å². The van der Waals surface area contributed by atoms with E-state index in [0.29, 0.717) is 17.8 Å². The molecule has 0 bridgehead atoms. The van der Waals surface area contributed by atoms with Crippen molar-refractivity contribution in [2.75, 3.05) is 0 Å². The van der Waals surface area contributed by atoms with Crippen molar-refractivity contribution >= 4 is 5.91 Å². The van der Waals surface area contributed by atoms with Crippen LogP contribution in [0.2, 0.25) is 0 Å². The van der Waals surface area contributed by atoms with Crippen LogP contribution in [0.5, 0.6) is 0 Å². The fourth-order valence-corrected chi connectivity index (χ4v) is 2.51. The Labute approximate surface area is 139 Å². The summed E-state index contributed by atoms with van der Waals surface area (Å²) in [5, 5.41) is 7.19. The normalized spacial score (nSPS) is 10.6. The van der Waals surface area contributed by atoms with E-state index in [-0.39, 0.29) is 11.7 Å². The number of nitrogens with zero attached hydrogens (tertiary/aromatic N) is 2. The molecule has 0 aliphatic carbocycles. The molecule has 0 radical (unpaired) electrons. The van der Waals surface area contributed by atoms with Crippen LogP contribution < -0.4 is 5.32 Å². The lowest BCUT2D eigenvalue weighted by molar-refractivity contribution is 0.0945. The Morgan fingerprint density at radius 1 is 1.12 bits per heavy atom. The quantitative estimate of drug-likeness (QED) is 0.798. The standard InChI is InChI=1S/C19H18FN3O/c1-13-10-15(8-9-17(13)20)12-21-19(24)18-11-14(2)23(22-18)16-6-4-3-5-7-16/h3-11H,12H2,1-2H3,(H,21,24). The maximum absolute atomic E-state index is 13.3. The molecule has 4 nitrogen and oxygen atoms in total. The first-order chi connectivity index (χ1) is 11.5. The zero-order chi connectivity index (χ0) is 17.1. The van der Waals surface area contributed by atoms with Crippen molar-refractivity contribution < 1.29 is 9.18 Å². The first-order valence-corrected chi connectivity index (χ1v) is 7.70. The molecule has 0 atom stereocenters. The van der Waals surface area contributed by atoms with Gasteiger partial charge in [0, 0.05) is 12.2 Å². The Kier molecular flexibility index (Phi) is 4.42. The van der Waals surface area contributed by atoms with Crippen molar-refractivity contribution in [1.29, 1.82) is 0 Å². The van der Waals surface area contributed by atoms with Crippen molar-refractivity contribution in [2.45, 2.75) is 20.4 Å². The van der Waals surface area contributed by atoms with Crippen LogP contribution in [-0.2, 0) is 6.54 Å². The van der Waals surface area contributed by atoms with E-state index < -0.39 is 0 Å². The number of carbonyl (C=O) groups is 1. The summed E-state index contributed by atoms with van der Waals surface area (Å²) in [6.07, 6.45) is 0. The molecule has 0 fully saturated rings. The molecule has 0 unspecified atom stereocenters. The van der Waals surface area contributed by atoms with E-state index in [4.69, 9.17) is 0 Å². The van der Waals surface area contributed by atoms with Gasteiger partial charge in [-0.2, -0.15) is 5.10 Å². The Hall–Kier alpha value is -2.95. The third kappa shape index (κ3) is 3.35. The lowest BCUT2D eigenvalue weighted by atomic mass is 10.1. The molecule has 3 aromatic rings. The van der Waals surface area contributed by atoms with Gasteiger partial charge in [-0.25, -0.2) is 9.07 Å². The highest BCUT2D eigenvalue weighted by Gasteiger charge is 2.13. The first kappa shape index (κ1) is 15.9. The fraction of sp³-hybridized carbons (Fsp3) is 0.158. The second-order valence-corrected chi connectivity index (χ2v) is 5.68. The number of hydrogen-bond acceptors (Lipinski definition) is 2. The summed E-state index contributed by atoms with van der Waals surface area (Å²) >= 11 is 0. The van der Waals surface area contributed by atoms with Gasteiger partial charge in [-0.05, 0) is 49.2 Å². The van der Waals surface area contributed by atoms with Gasteiger partial charge in [0.2, 0.25) is 0 Å². The van der Waals surface area contributed by atoms with Gasteiger partial charge in [-0.15, -0.1) is 0 Å². The van der Waals surface area contributed by atoms with Gasteiger partial charge < -0.3 is 5.32 Å². The minimum atomic E-state index is -0.255. The van der Waals surface area contributed by atoms with Gasteiger partial charge in [0.1, 0.15) is 5.82 Å². The zero-order valence-corrected chi connectivity index (χ0v) is 13.6. The lowest BCUT2D eigenvalue weighted by Crippen LogP contribution is -2.23. The number of carbonyl (C=O) groups excluding carboxylic acids is 1. The van der Waals surface area contributed by atoms with Crippen molar-refractivity contribution in [3.05, 3.63) is 82.9 Å². The second-order valence-electron chi connectivity index (χ2n) is 5.68. The maximum Gasteiger partial charge on any atom is 0.272 e. The molecule has 1 N–H and O–H groups in total. The monoisotopic (exact) mass is 323 g/mol. The molecule has 0 saturated carbocycles. The van der Waals surface area contributed by atoms with Crippen LogP contribution in [0, 0.1) is 19.7 Å². The average molecular weight is 323 g/mol. The summed E-state index contributed by atoms with van der Waals surface area (Å²) in [5.74, 6) is -0.503. The predicted octanol–water partition coefficient (Wildman–Crippen LogP) is 3.56. The van der Waals surface area contributed by atoms with Crippen molar-refractivity contribution in [1.82, 2.24) is 15.1 Å². The number of rotatable bonds is 4. The van der Waals surface area contributed by atoms with Crippen LogP contribution in [0.4, 0.5) is 4.39 Å². The Balaban J connectivity index is 1.73. The summed E-state index contributed by atoms with van der Waals surface area (Å²) in [6, 6.07) is 16.2. The molecule has 0 aliphatic rings. The minimum Gasteiger partial charge on any atom is -0.347 e. The summed E-state index contributed by atoms with van der Waals surface area (Å²) in [4.78, 5) is 12.3. The van der Waals surface area contributed by atoms with Gasteiger partial charge in [0.05, 0.1) is 5.69 Å². The summed E-state index contributed by atoms with van der Waals surface area (Å²) < 4.78 is 15.0. The molecule has 24 heavy (non-hydrogen) atoms. The van der Waals surface area contributed by atoms with Gasteiger partial charge in [-0.3, -0.25) is 4.79 Å². The molecule has 5 heteroatoms. The van der Waals surface area contributed by atoms with Crippen LogP contribution >= 0.6 is 0 Å². The van der Waals surface area contributed by atoms with E-state index in [9.17, 15) is 9.18 Å². The molecule has 3 rings (SSSR count). The van der Waals surface area contributed by atoms with Gasteiger partial charge in [-0.1, -0.05) is 30.3 Å². The average Bonchev–Trinajstić information content (AvgIpc) is 2.98. The van der Waals surface area contributed by atoms with Crippen LogP contribution in [0.3, 0.4) is 0 Å². The van der Waals surface area contributed by atoms with Crippen molar-refractivity contribution in [3.8, 4) is 5.69 Å². The Morgan fingerprint density at radius 2 is 1.88 bits per heavy atom. The smallest absolute Gasteiger partial charge is 0.272 e. The van der Waals surface area contributed by atoms with E-state index >= 15 is 0 Å². The van der Waals surface area contributed by atoms with Crippen molar-refractivity contribution in [2.24, 2.45) is 0 Å². The number of aromatic nitrogens is 2. The summed E-state index contributed by atoms with van der Waals surface area (Å²) in [6.45, 7) is 3.93. The highest BCUT2D eigenvalue weighted by atomic mass is 19.1. The molecule has 1 amide bonds. The van der Waals surface area contributed by atoms with Crippen LogP contribution in [0.15, 0.2) is 54.6 Å². The molecule has 122 valence electrons. The van der Waals surface area contributed by atoms with E-state index in [1.165, 1.54) is 6.07 Å². The number of para-hydroxylation sites is 1. The summed E-state index contributed by atoms with van der Waals surface area (Å²) in [7, 11) is 0. The highest BCUT2D eigenvalue weighted by Crippen LogP contribution is 2.12. The zero-order valence-electron chi connectivity index (χ0n) is 13.6. The van der Waals surface area contributed by atoms with Gasteiger partial charge in [0.15, 0.2) is 5.69 Å². The predicted molar refractivity (Wildman–Crippen MR) is 90.6 cm³/mol. The molecule has 1 aromatic heterocycles. The van der Waals surface area contributed by atoms with E-state index in [1.54, 1.807) is 29.8 Å². The third-order valence-electron chi connectivity index (χ3n) is 3.80. The van der Waals surface area contributed by atoms with Crippen LogP contribution in [0.25, 0.3) is 5.69 Å². The molecular weight excluding hydrogens is 305 g/mol. The minimum absolute atomic E-state index is 0.248. The summed E-state index contributed by atoms with van der Waals surface area (Å²) in [5.41, 5.74) is 3.55. The molecule has 2 aromatic carbocycles. The highest BCUT2D eigenvalue weighted by molar-refractivity contribution is 5.92. The van der Waals surface area contributed by atoms with E-state index in [2.05, 4.69) is 10.4 Å². The SMILES string of the molecule is Cc1cc(CNC(=O)c2cc(C)n(-c3ccccc3)n2)ccc1F. The van der Waals surface area contributed by atoms with Crippen LogP contribution in [-0.4, -0.2) is 15.7 Å². The maximum atomic E-state index is 13.3. The fourth-order valence-electron chi connectivity index (χ4n) is 2.51. The Morgan fingerprint density at radius 3 is 2.58 bits per heavy atom. The van der Waals surface area contributed by atoms with Crippen LogP contribution in [0.1, 0.15) is 27.3 Å². The van der Waals surface area contributed by atoms with Gasteiger partial charge >= 0.3 is 0 Å². The molecule has 0 spiro atoms. The molecule has 0 aliphatic heterocycles. The number of nitrogens with one attached hydrogen (secondary N) is 1. The molecular formula is C19H18FN3O. The number of hydrogen-bond donors (Lipinski definition) is 1. The number of aryl methyl sites for hydroxylation is 2. The number of amides is 1. The second kappa shape index (κ2) is 6.66. The lowest BCUT2D eigenvalue weighted by Gasteiger charge is -2.05. The molecule has 0 saturated heterocycles. The van der Waals surface area contributed by atoms with E-state index in [1.807, 2.05) is 37.3 Å². The van der Waals surface area contributed by atoms with E-state index in [0.717, 1.165) is 16.9 Å². The molecule has 1 heterocycles. The van der Waals surface area contributed by atoms with Gasteiger partial charge in [0.25, 0.3) is 5.91 Å².